The van der Waals surface area contributed by atoms with Gasteiger partial charge in [-0.1, -0.05) is 18.2 Å². The molecule has 3 heteroatoms. The van der Waals surface area contributed by atoms with Gasteiger partial charge in [-0.15, -0.1) is 0 Å². The van der Waals surface area contributed by atoms with Gasteiger partial charge in [0.15, 0.2) is 0 Å². The zero-order valence-electron chi connectivity index (χ0n) is 10.6. The molecular weight excluding hydrogens is 224 g/mol. The van der Waals surface area contributed by atoms with Gasteiger partial charge in [0.25, 0.3) is 0 Å². The summed E-state index contributed by atoms with van der Waals surface area (Å²) >= 11 is 0. The fourth-order valence-corrected chi connectivity index (χ4v) is 2.10. The monoisotopic (exact) mass is 242 g/mol. The molecule has 2 aromatic rings. The van der Waals surface area contributed by atoms with E-state index in [0.717, 1.165) is 16.5 Å². The van der Waals surface area contributed by atoms with E-state index in [2.05, 4.69) is 10.3 Å². The van der Waals surface area contributed by atoms with Gasteiger partial charge in [0.1, 0.15) is 5.60 Å². The van der Waals surface area contributed by atoms with Crippen LogP contribution in [0.1, 0.15) is 25.3 Å². The summed E-state index contributed by atoms with van der Waals surface area (Å²) in [6.07, 6.45) is 4.23. The third kappa shape index (κ3) is 2.37. The molecule has 1 aromatic carbocycles. The molecule has 3 nitrogen and oxygen atoms in total. The molecule has 1 fully saturated rings. The van der Waals surface area contributed by atoms with Crippen molar-refractivity contribution in [1.82, 2.24) is 10.3 Å². The Kier molecular flexibility index (Phi) is 2.80. The lowest BCUT2D eigenvalue weighted by molar-refractivity contribution is 0.0564. The minimum absolute atomic E-state index is 0.581. The summed E-state index contributed by atoms with van der Waals surface area (Å²) in [5.41, 5.74) is 0.973. The SMILES string of the molecule is CC(O)(CNC1CC1)c1cnc2ccccc2c1. The van der Waals surface area contributed by atoms with E-state index >= 15 is 0 Å². The third-order valence-electron chi connectivity index (χ3n) is 3.52. The predicted octanol–water partition coefficient (Wildman–Crippen LogP) is 2.19. The highest BCUT2D eigenvalue weighted by atomic mass is 16.3. The summed E-state index contributed by atoms with van der Waals surface area (Å²) in [5.74, 6) is 0. The highest BCUT2D eigenvalue weighted by Gasteiger charge is 2.28. The lowest BCUT2D eigenvalue weighted by Gasteiger charge is -2.24. The van der Waals surface area contributed by atoms with Gasteiger partial charge in [-0.05, 0) is 31.9 Å². The van der Waals surface area contributed by atoms with Gasteiger partial charge in [-0.3, -0.25) is 4.98 Å². The number of aromatic nitrogens is 1. The number of benzene rings is 1. The molecule has 1 aliphatic rings. The zero-order chi connectivity index (χ0) is 12.6. The average Bonchev–Trinajstić information content (AvgIpc) is 3.20. The highest BCUT2D eigenvalue weighted by Crippen LogP contribution is 2.25. The first kappa shape index (κ1) is 11.6. The molecule has 1 saturated carbocycles. The first-order valence-corrected chi connectivity index (χ1v) is 6.46. The molecule has 1 aromatic heterocycles. The number of aliphatic hydroxyl groups is 1. The van der Waals surface area contributed by atoms with Crippen LogP contribution in [-0.2, 0) is 5.60 Å². The molecule has 0 aliphatic heterocycles. The molecule has 0 saturated heterocycles. The molecule has 1 heterocycles. The first-order valence-electron chi connectivity index (χ1n) is 6.46. The van der Waals surface area contributed by atoms with Crippen LogP contribution < -0.4 is 5.32 Å². The lowest BCUT2D eigenvalue weighted by atomic mass is 9.96. The van der Waals surface area contributed by atoms with Crippen LogP contribution in [0.4, 0.5) is 0 Å². The smallest absolute Gasteiger partial charge is 0.101 e. The van der Waals surface area contributed by atoms with Crippen molar-refractivity contribution in [1.29, 1.82) is 0 Å². The van der Waals surface area contributed by atoms with E-state index < -0.39 is 5.60 Å². The Bertz CT molecular complexity index is 561. The van der Waals surface area contributed by atoms with Crippen LogP contribution in [0.25, 0.3) is 10.9 Å². The molecule has 0 bridgehead atoms. The molecule has 3 rings (SSSR count). The Morgan fingerprint density at radius 2 is 2.17 bits per heavy atom. The van der Waals surface area contributed by atoms with Gasteiger partial charge in [-0.25, -0.2) is 0 Å². The molecular formula is C15H18N2O. The number of para-hydroxylation sites is 1. The van der Waals surface area contributed by atoms with Crippen LogP contribution in [-0.4, -0.2) is 22.7 Å². The highest BCUT2D eigenvalue weighted by molar-refractivity contribution is 5.78. The van der Waals surface area contributed by atoms with Gasteiger partial charge in [0, 0.05) is 29.7 Å². The number of hydrogen-bond donors (Lipinski definition) is 2. The number of rotatable bonds is 4. The van der Waals surface area contributed by atoms with Crippen LogP contribution in [0.15, 0.2) is 36.5 Å². The van der Waals surface area contributed by atoms with Crippen LogP contribution in [0.5, 0.6) is 0 Å². The molecule has 1 unspecified atom stereocenters. The molecule has 18 heavy (non-hydrogen) atoms. The summed E-state index contributed by atoms with van der Waals surface area (Å²) in [6.45, 7) is 2.42. The van der Waals surface area contributed by atoms with Crippen molar-refractivity contribution < 1.29 is 5.11 Å². The van der Waals surface area contributed by atoms with Gasteiger partial charge in [0.2, 0.25) is 0 Å². The van der Waals surface area contributed by atoms with Crippen molar-refractivity contribution in [2.45, 2.75) is 31.4 Å². The Hall–Kier alpha value is -1.45. The summed E-state index contributed by atoms with van der Waals surface area (Å²) in [7, 11) is 0. The fraction of sp³-hybridized carbons (Fsp3) is 0.400. The van der Waals surface area contributed by atoms with Crippen molar-refractivity contribution in [3.8, 4) is 0 Å². The largest absolute Gasteiger partial charge is 0.384 e. The Balaban J connectivity index is 1.86. The maximum Gasteiger partial charge on any atom is 0.101 e. The first-order chi connectivity index (χ1) is 8.65. The summed E-state index contributed by atoms with van der Waals surface area (Å²) in [6, 6.07) is 10.6. The zero-order valence-corrected chi connectivity index (χ0v) is 10.6. The Morgan fingerprint density at radius 3 is 2.94 bits per heavy atom. The van der Waals surface area contributed by atoms with E-state index in [9.17, 15) is 5.11 Å². The fourth-order valence-electron chi connectivity index (χ4n) is 2.10. The molecule has 2 N–H and O–H groups in total. The normalized spacial score (nSPS) is 18.8. The molecule has 94 valence electrons. The van der Waals surface area contributed by atoms with Crippen LogP contribution in [0.3, 0.4) is 0 Å². The molecule has 0 amide bonds. The topological polar surface area (TPSA) is 45.1 Å². The van der Waals surface area contributed by atoms with E-state index in [-0.39, 0.29) is 0 Å². The van der Waals surface area contributed by atoms with Crippen molar-refractivity contribution in [2.75, 3.05) is 6.54 Å². The second-order valence-electron chi connectivity index (χ2n) is 5.35. The number of nitrogens with one attached hydrogen (secondary N) is 1. The van der Waals surface area contributed by atoms with Crippen molar-refractivity contribution in [3.63, 3.8) is 0 Å². The summed E-state index contributed by atoms with van der Waals surface area (Å²) in [4.78, 5) is 4.40. The third-order valence-corrected chi connectivity index (χ3v) is 3.52. The van der Waals surface area contributed by atoms with Crippen molar-refractivity contribution >= 4 is 10.9 Å². The van der Waals surface area contributed by atoms with E-state index in [1.165, 1.54) is 12.8 Å². The maximum absolute atomic E-state index is 10.5. The number of pyridine rings is 1. The molecule has 0 radical (unpaired) electrons. The Labute approximate surface area is 107 Å². The van der Waals surface area contributed by atoms with E-state index in [4.69, 9.17) is 0 Å². The standard InChI is InChI=1S/C15H18N2O/c1-15(18,10-17-13-6-7-13)12-8-11-4-2-3-5-14(11)16-9-12/h2-5,8-9,13,17-18H,6-7,10H2,1H3. The Morgan fingerprint density at radius 1 is 1.39 bits per heavy atom. The second-order valence-corrected chi connectivity index (χ2v) is 5.35. The predicted molar refractivity (Wildman–Crippen MR) is 72.3 cm³/mol. The number of fused-ring (bicyclic) bond motifs is 1. The van der Waals surface area contributed by atoms with Crippen molar-refractivity contribution in [2.24, 2.45) is 0 Å². The number of nitrogens with zero attached hydrogens (tertiary/aromatic N) is 1. The van der Waals surface area contributed by atoms with Crippen molar-refractivity contribution in [3.05, 3.63) is 42.1 Å². The summed E-state index contributed by atoms with van der Waals surface area (Å²) in [5, 5.41) is 15.0. The van der Waals surface area contributed by atoms with Gasteiger partial charge in [0.05, 0.1) is 5.52 Å². The minimum Gasteiger partial charge on any atom is -0.384 e. The van der Waals surface area contributed by atoms with Crippen LogP contribution in [0, 0.1) is 0 Å². The average molecular weight is 242 g/mol. The van der Waals surface area contributed by atoms with Gasteiger partial charge in [-0.2, -0.15) is 0 Å². The molecule has 1 aliphatic carbocycles. The maximum atomic E-state index is 10.5. The molecule has 1 atom stereocenters. The van der Waals surface area contributed by atoms with Crippen LogP contribution in [0.2, 0.25) is 0 Å². The van der Waals surface area contributed by atoms with E-state index in [1.807, 2.05) is 37.3 Å². The summed E-state index contributed by atoms with van der Waals surface area (Å²) < 4.78 is 0. The minimum atomic E-state index is -0.861. The molecule has 0 spiro atoms. The van der Waals surface area contributed by atoms with Gasteiger partial charge >= 0.3 is 0 Å². The second kappa shape index (κ2) is 4.34. The van der Waals surface area contributed by atoms with Crippen LogP contribution >= 0.6 is 0 Å². The van der Waals surface area contributed by atoms with E-state index in [1.54, 1.807) is 6.20 Å². The quantitative estimate of drug-likeness (QED) is 0.864. The lowest BCUT2D eigenvalue weighted by Crippen LogP contribution is -2.36. The number of hydrogen-bond acceptors (Lipinski definition) is 3. The van der Waals surface area contributed by atoms with E-state index in [0.29, 0.717) is 12.6 Å². The van der Waals surface area contributed by atoms with Gasteiger partial charge < -0.3 is 10.4 Å².